The molecule has 1 aromatic heterocycles. The molecule has 0 atom stereocenters. The summed E-state index contributed by atoms with van der Waals surface area (Å²) < 4.78 is 67.2. The van der Waals surface area contributed by atoms with Crippen LogP contribution in [0.4, 0.5) is 22.0 Å². The Hall–Kier alpha value is -2.96. The number of para-hydroxylation sites is 1. The van der Waals surface area contributed by atoms with Gasteiger partial charge in [0.25, 0.3) is 5.91 Å². The Kier molecular flexibility index (Phi) is 4.31. The number of halogens is 5. The van der Waals surface area contributed by atoms with Gasteiger partial charge < -0.3 is 5.32 Å². The SMILES string of the molecule is N#CCNC(=O)c1ncn(-c2c(F)cccc2F)c1C(F)(F)F. The minimum absolute atomic E-state index is 0.117. The van der Waals surface area contributed by atoms with Crippen molar-refractivity contribution < 1.29 is 26.7 Å². The third-order valence-electron chi connectivity index (χ3n) is 2.76. The number of imidazole rings is 1. The lowest BCUT2D eigenvalue weighted by molar-refractivity contribution is -0.142. The first-order valence-corrected chi connectivity index (χ1v) is 6.01. The van der Waals surface area contributed by atoms with Crippen molar-refractivity contribution in [1.82, 2.24) is 14.9 Å². The number of nitrogens with zero attached hydrogens (tertiary/aromatic N) is 3. The van der Waals surface area contributed by atoms with Gasteiger partial charge in [0.2, 0.25) is 0 Å². The number of carbonyl (C=O) groups excluding carboxylic acids is 1. The van der Waals surface area contributed by atoms with Crippen LogP contribution in [0, 0.1) is 23.0 Å². The summed E-state index contributed by atoms with van der Waals surface area (Å²) in [4.78, 5) is 14.9. The van der Waals surface area contributed by atoms with Crippen LogP contribution in [0.25, 0.3) is 5.69 Å². The first-order valence-electron chi connectivity index (χ1n) is 6.01. The van der Waals surface area contributed by atoms with Crippen molar-refractivity contribution >= 4 is 5.91 Å². The molecule has 1 amide bonds. The molecule has 2 rings (SSSR count). The molecular formula is C13H7F5N4O. The Labute approximate surface area is 126 Å². The highest BCUT2D eigenvalue weighted by Crippen LogP contribution is 2.34. The summed E-state index contributed by atoms with van der Waals surface area (Å²) in [6.07, 6.45) is -4.61. The van der Waals surface area contributed by atoms with Gasteiger partial charge in [-0.2, -0.15) is 18.4 Å². The monoisotopic (exact) mass is 330 g/mol. The molecule has 0 aliphatic rings. The maximum atomic E-state index is 13.7. The Morgan fingerprint density at radius 2 is 1.91 bits per heavy atom. The molecule has 0 unspecified atom stereocenters. The number of alkyl halides is 3. The zero-order chi connectivity index (χ0) is 17.2. The molecule has 23 heavy (non-hydrogen) atoms. The molecule has 0 saturated heterocycles. The number of hydrogen-bond acceptors (Lipinski definition) is 3. The van der Waals surface area contributed by atoms with Gasteiger partial charge in [-0.1, -0.05) is 6.07 Å². The van der Waals surface area contributed by atoms with Crippen molar-refractivity contribution in [3.8, 4) is 11.8 Å². The normalized spacial score (nSPS) is 11.1. The molecule has 0 saturated carbocycles. The summed E-state index contributed by atoms with van der Waals surface area (Å²) in [6, 6.07) is 4.04. The molecule has 1 N–H and O–H groups in total. The van der Waals surface area contributed by atoms with Crippen molar-refractivity contribution in [2.45, 2.75) is 6.18 Å². The Morgan fingerprint density at radius 3 is 2.43 bits per heavy atom. The molecule has 120 valence electrons. The van der Waals surface area contributed by atoms with E-state index < -0.39 is 47.3 Å². The molecule has 1 heterocycles. The minimum atomic E-state index is -5.11. The fourth-order valence-corrected chi connectivity index (χ4v) is 1.88. The summed E-state index contributed by atoms with van der Waals surface area (Å²) in [6.45, 7) is -0.545. The zero-order valence-electron chi connectivity index (χ0n) is 11.2. The van der Waals surface area contributed by atoms with Crippen molar-refractivity contribution in [2.24, 2.45) is 0 Å². The molecule has 0 aliphatic heterocycles. The molecule has 0 spiro atoms. The molecule has 0 radical (unpaired) electrons. The van der Waals surface area contributed by atoms with Gasteiger partial charge in [-0.25, -0.2) is 13.8 Å². The second kappa shape index (κ2) is 6.04. The number of aromatic nitrogens is 2. The van der Waals surface area contributed by atoms with Crippen LogP contribution in [0.15, 0.2) is 24.5 Å². The zero-order valence-corrected chi connectivity index (χ0v) is 11.2. The second-order valence-corrected chi connectivity index (χ2v) is 4.22. The number of rotatable bonds is 3. The first kappa shape index (κ1) is 16.4. The van der Waals surface area contributed by atoms with Crippen molar-refractivity contribution in [3.05, 3.63) is 47.5 Å². The molecule has 5 nitrogen and oxygen atoms in total. The van der Waals surface area contributed by atoms with E-state index in [2.05, 4.69) is 4.98 Å². The summed E-state index contributed by atoms with van der Waals surface area (Å²) in [5.74, 6) is -3.79. The maximum Gasteiger partial charge on any atom is 0.434 e. The van der Waals surface area contributed by atoms with E-state index in [1.54, 1.807) is 0 Å². The highest BCUT2D eigenvalue weighted by Gasteiger charge is 2.41. The van der Waals surface area contributed by atoms with E-state index in [0.29, 0.717) is 6.33 Å². The van der Waals surface area contributed by atoms with E-state index in [1.165, 1.54) is 6.07 Å². The van der Waals surface area contributed by atoms with E-state index >= 15 is 0 Å². The number of carbonyl (C=O) groups is 1. The summed E-state index contributed by atoms with van der Waals surface area (Å²) in [5, 5.41) is 10.2. The third-order valence-corrected chi connectivity index (χ3v) is 2.76. The van der Waals surface area contributed by atoms with Gasteiger partial charge in [0.15, 0.2) is 11.4 Å². The van der Waals surface area contributed by atoms with Crippen LogP contribution in [-0.4, -0.2) is 22.0 Å². The Bertz CT molecular complexity index is 770. The van der Waals surface area contributed by atoms with E-state index in [1.807, 2.05) is 5.32 Å². The van der Waals surface area contributed by atoms with Gasteiger partial charge in [-0.3, -0.25) is 9.36 Å². The third kappa shape index (κ3) is 3.13. The lowest BCUT2D eigenvalue weighted by Gasteiger charge is -2.13. The lowest BCUT2D eigenvalue weighted by atomic mass is 10.2. The maximum absolute atomic E-state index is 13.7. The van der Waals surface area contributed by atoms with Gasteiger partial charge in [-0.15, -0.1) is 0 Å². The highest BCUT2D eigenvalue weighted by atomic mass is 19.4. The topological polar surface area (TPSA) is 70.7 Å². The van der Waals surface area contributed by atoms with E-state index in [-0.39, 0.29) is 4.57 Å². The summed E-state index contributed by atoms with van der Waals surface area (Å²) in [7, 11) is 0. The standard InChI is InChI=1S/C13H7F5N4O/c14-7-2-1-3-8(15)10(7)22-6-21-9(11(22)13(16,17)18)12(23)20-5-4-19/h1-3,6H,5H2,(H,20,23). The smallest absolute Gasteiger partial charge is 0.338 e. The van der Waals surface area contributed by atoms with Gasteiger partial charge >= 0.3 is 6.18 Å². The minimum Gasteiger partial charge on any atom is -0.338 e. The first-order chi connectivity index (χ1) is 10.8. The molecule has 0 aliphatic carbocycles. The quantitative estimate of drug-likeness (QED) is 0.694. The van der Waals surface area contributed by atoms with E-state index in [4.69, 9.17) is 5.26 Å². The number of benzene rings is 1. The predicted octanol–water partition coefficient (Wildman–Crippen LogP) is 2.42. The van der Waals surface area contributed by atoms with Crippen LogP contribution in [0.5, 0.6) is 0 Å². The fraction of sp³-hybridized carbons (Fsp3) is 0.154. The van der Waals surface area contributed by atoms with E-state index in [9.17, 15) is 26.7 Å². The second-order valence-electron chi connectivity index (χ2n) is 4.22. The molecule has 0 bridgehead atoms. The lowest BCUT2D eigenvalue weighted by Crippen LogP contribution is -2.27. The van der Waals surface area contributed by atoms with Gasteiger partial charge in [0.05, 0.1) is 6.07 Å². The van der Waals surface area contributed by atoms with Crippen LogP contribution >= 0.6 is 0 Å². The van der Waals surface area contributed by atoms with Crippen molar-refractivity contribution in [2.75, 3.05) is 6.54 Å². The molecule has 0 fully saturated rings. The number of amides is 1. The average molecular weight is 330 g/mol. The van der Waals surface area contributed by atoms with E-state index in [0.717, 1.165) is 18.2 Å². The molecule has 1 aromatic carbocycles. The predicted molar refractivity (Wildman–Crippen MR) is 66.4 cm³/mol. The Balaban J connectivity index is 2.65. The van der Waals surface area contributed by atoms with Crippen LogP contribution in [0.1, 0.15) is 16.2 Å². The number of nitrogens with one attached hydrogen (secondary N) is 1. The van der Waals surface area contributed by atoms with Crippen LogP contribution in [0.3, 0.4) is 0 Å². The summed E-state index contributed by atoms with van der Waals surface area (Å²) >= 11 is 0. The van der Waals surface area contributed by atoms with Crippen LogP contribution in [-0.2, 0) is 6.18 Å². The van der Waals surface area contributed by atoms with Gasteiger partial charge in [0, 0.05) is 0 Å². The van der Waals surface area contributed by atoms with Crippen LogP contribution in [0.2, 0.25) is 0 Å². The van der Waals surface area contributed by atoms with Crippen LogP contribution < -0.4 is 5.32 Å². The van der Waals surface area contributed by atoms with Crippen molar-refractivity contribution in [1.29, 1.82) is 5.26 Å². The van der Waals surface area contributed by atoms with Gasteiger partial charge in [-0.05, 0) is 12.1 Å². The number of hydrogen-bond donors (Lipinski definition) is 1. The largest absolute Gasteiger partial charge is 0.434 e. The molecular weight excluding hydrogens is 323 g/mol. The number of nitriles is 1. The summed E-state index contributed by atoms with van der Waals surface area (Å²) in [5.41, 5.74) is -3.74. The van der Waals surface area contributed by atoms with Gasteiger partial charge in [0.1, 0.15) is 30.2 Å². The fourth-order valence-electron chi connectivity index (χ4n) is 1.88. The molecule has 10 heteroatoms. The molecule has 2 aromatic rings. The highest BCUT2D eigenvalue weighted by molar-refractivity contribution is 5.94. The average Bonchev–Trinajstić information content (AvgIpc) is 2.89. The Morgan fingerprint density at radius 1 is 1.30 bits per heavy atom. The van der Waals surface area contributed by atoms with Crippen molar-refractivity contribution in [3.63, 3.8) is 0 Å².